The number of nitrogens with zero attached hydrogens (tertiary/aromatic N) is 3. The molecule has 9 heteroatoms. The van der Waals surface area contributed by atoms with Gasteiger partial charge in [0.2, 0.25) is 0 Å². The quantitative estimate of drug-likeness (QED) is 0.638. The normalized spacial score (nSPS) is 20.5. The lowest BCUT2D eigenvalue weighted by Crippen LogP contribution is -2.42. The van der Waals surface area contributed by atoms with Crippen molar-refractivity contribution in [1.82, 2.24) is 15.2 Å². The van der Waals surface area contributed by atoms with Crippen molar-refractivity contribution in [3.05, 3.63) is 16.1 Å². The first kappa shape index (κ1) is 17.0. The summed E-state index contributed by atoms with van der Waals surface area (Å²) >= 11 is 0.936. The van der Waals surface area contributed by atoms with Crippen LogP contribution >= 0.6 is 11.3 Å². The van der Waals surface area contributed by atoms with Gasteiger partial charge in [0.1, 0.15) is 5.01 Å². The highest BCUT2D eigenvalue weighted by Gasteiger charge is 2.33. The maximum absolute atomic E-state index is 12.4. The van der Waals surface area contributed by atoms with Crippen LogP contribution in [0.1, 0.15) is 30.5 Å². The zero-order chi connectivity index (χ0) is 16.2. The van der Waals surface area contributed by atoms with Crippen molar-refractivity contribution in [3.8, 4) is 0 Å². The molecule has 1 saturated heterocycles. The fourth-order valence-electron chi connectivity index (χ4n) is 2.49. The first-order valence-electron chi connectivity index (χ1n) is 7.19. The summed E-state index contributed by atoms with van der Waals surface area (Å²) in [7, 11) is 0. The first-order chi connectivity index (χ1) is 10.4. The van der Waals surface area contributed by atoms with Gasteiger partial charge < -0.3 is 11.1 Å². The number of aliphatic imine (C=N–C) groups is 1. The van der Waals surface area contributed by atoms with E-state index in [1.807, 2.05) is 0 Å². The molecule has 0 bridgehead atoms. The number of aromatic nitrogens is 1. The third kappa shape index (κ3) is 4.57. The van der Waals surface area contributed by atoms with E-state index in [1.165, 1.54) is 6.42 Å². The molecule has 0 radical (unpaired) electrons. The minimum atomic E-state index is -4.41. The molecule has 124 valence electrons. The van der Waals surface area contributed by atoms with Crippen molar-refractivity contribution >= 4 is 17.3 Å². The Bertz CT molecular complexity index is 514. The van der Waals surface area contributed by atoms with Gasteiger partial charge in [-0.25, -0.2) is 9.98 Å². The summed E-state index contributed by atoms with van der Waals surface area (Å²) in [6, 6.07) is 0.440. The number of nitrogens with one attached hydrogen (secondary N) is 1. The SMILES string of the molecule is CCN1CCCC1CNC(N)=NCc1nc(C(F)(F)F)cs1. The standard InChI is InChI=1S/C13H20F3N5S/c1-2-21-5-3-4-9(21)6-18-12(17)19-7-11-20-10(8-22-11)13(14,15)16/h8-9H,2-7H2,1H3,(H3,17,18,19). The Morgan fingerprint density at radius 2 is 2.36 bits per heavy atom. The molecule has 1 fully saturated rings. The second-order valence-electron chi connectivity index (χ2n) is 5.13. The van der Waals surface area contributed by atoms with Gasteiger partial charge in [0.25, 0.3) is 0 Å². The van der Waals surface area contributed by atoms with E-state index in [2.05, 4.69) is 27.1 Å². The molecule has 5 nitrogen and oxygen atoms in total. The summed E-state index contributed by atoms with van der Waals surface area (Å²) < 4.78 is 37.3. The number of guanidine groups is 1. The molecule has 1 atom stereocenters. The Balaban J connectivity index is 1.81. The van der Waals surface area contributed by atoms with Crippen LogP contribution in [0.4, 0.5) is 13.2 Å². The molecular formula is C13H20F3N5S. The van der Waals surface area contributed by atoms with Crippen LogP contribution in [0.2, 0.25) is 0 Å². The highest BCUT2D eigenvalue weighted by atomic mass is 32.1. The number of hydrogen-bond acceptors (Lipinski definition) is 4. The molecule has 1 aromatic heterocycles. The predicted octanol–water partition coefficient (Wildman–Crippen LogP) is 2.05. The third-order valence-corrected chi connectivity index (χ3v) is 4.48. The van der Waals surface area contributed by atoms with E-state index in [4.69, 9.17) is 5.73 Å². The number of hydrogen-bond donors (Lipinski definition) is 2. The molecule has 1 aromatic rings. The van der Waals surface area contributed by atoms with E-state index in [9.17, 15) is 13.2 Å². The Labute approximate surface area is 131 Å². The van der Waals surface area contributed by atoms with Crippen molar-refractivity contribution in [2.75, 3.05) is 19.6 Å². The number of rotatable bonds is 5. The smallest absolute Gasteiger partial charge is 0.370 e. The van der Waals surface area contributed by atoms with Gasteiger partial charge >= 0.3 is 6.18 Å². The average Bonchev–Trinajstić information content (AvgIpc) is 3.10. The molecule has 0 saturated carbocycles. The zero-order valence-electron chi connectivity index (χ0n) is 12.4. The number of alkyl halides is 3. The summed E-state index contributed by atoms with van der Waals surface area (Å²) in [6.45, 7) is 4.98. The fourth-order valence-corrected chi connectivity index (χ4v) is 3.21. The molecule has 0 aliphatic carbocycles. The highest BCUT2D eigenvalue weighted by molar-refractivity contribution is 7.09. The topological polar surface area (TPSA) is 66.5 Å². The van der Waals surface area contributed by atoms with Crippen LogP contribution in [0.5, 0.6) is 0 Å². The summed E-state index contributed by atoms with van der Waals surface area (Å²) in [5, 5.41) is 4.33. The Morgan fingerprint density at radius 3 is 3.00 bits per heavy atom. The van der Waals surface area contributed by atoms with Crippen LogP contribution in [0, 0.1) is 0 Å². The van der Waals surface area contributed by atoms with E-state index >= 15 is 0 Å². The molecule has 0 aromatic carbocycles. The number of thiazole rings is 1. The van der Waals surface area contributed by atoms with Gasteiger partial charge in [-0.2, -0.15) is 13.2 Å². The molecule has 3 N–H and O–H groups in total. The van der Waals surface area contributed by atoms with Crippen molar-refractivity contribution < 1.29 is 13.2 Å². The van der Waals surface area contributed by atoms with Gasteiger partial charge in [0.15, 0.2) is 11.7 Å². The van der Waals surface area contributed by atoms with Crippen LogP contribution in [-0.4, -0.2) is 41.5 Å². The molecule has 22 heavy (non-hydrogen) atoms. The molecule has 0 spiro atoms. The maximum atomic E-state index is 12.4. The van der Waals surface area contributed by atoms with Crippen molar-refractivity contribution in [3.63, 3.8) is 0 Å². The second kappa shape index (κ2) is 7.28. The van der Waals surface area contributed by atoms with E-state index in [0.29, 0.717) is 17.6 Å². The number of nitrogens with two attached hydrogens (primary N) is 1. The van der Waals surface area contributed by atoms with E-state index in [-0.39, 0.29) is 12.5 Å². The fraction of sp³-hybridized carbons (Fsp3) is 0.692. The van der Waals surface area contributed by atoms with Crippen LogP contribution in [0.15, 0.2) is 10.4 Å². The van der Waals surface area contributed by atoms with Crippen LogP contribution in [-0.2, 0) is 12.7 Å². The Hall–Kier alpha value is -1.35. The van der Waals surface area contributed by atoms with Crippen LogP contribution in [0.3, 0.4) is 0 Å². The zero-order valence-corrected chi connectivity index (χ0v) is 13.2. The third-order valence-electron chi connectivity index (χ3n) is 3.65. The summed E-state index contributed by atoms with van der Waals surface area (Å²) in [5.41, 5.74) is 4.88. The molecule has 1 aliphatic heterocycles. The van der Waals surface area contributed by atoms with Crippen molar-refractivity contribution in [1.29, 1.82) is 0 Å². The lowest BCUT2D eigenvalue weighted by atomic mass is 10.2. The first-order valence-corrected chi connectivity index (χ1v) is 8.07. The molecule has 2 rings (SSSR count). The lowest BCUT2D eigenvalue weighted by molar-refractivity contribution is -0.140. The summed E-state index contributed by atoms with van der Waals surface area (Å²) in [4.78, 5) is 9.93. The van der Waals surface area contributed by atoms with E-state index in [1.54, 1.807) is 0 Å². The van der Waals surface area contributed by atoms with Crippen molar-refractivity contribution in [2.45, 2.75) is 38.5 Å². The van der Waals surface area contributed by atoms with Gasteiger partial charge in [0, 0.05) is 18.0 Å². The highest BCUT2D eigenvalue weighted by Crippen LogP contribution is 2.30. The average molecular weight is 335 g/mol. The molecular weight excluding hydrogens is 315 g/mol. The lowest BCUT2D eigenvalue weighted by Gasteiger charge is -2.23. The minimum Gasteiger partial charge on any atom is -0.370 e. The predicted molar refractivity (Wildman–Crippen MR) is 80.7 cm³/mol. The van der Waals surface area contributed by atoms with E-state index in [0.717, 1.165) is 36.2 Å². The number of halogens is 3. The van der Waals surface area contributed by atoms with Crippen molar-refractivity contribution in [2.24, 2.45) is 10.7 Å². The molecule has 2 heterocycles. The minimum absolute atomic E-state index is 0.0573. The van der Waals surface area contributed by atoms with Gasteiger partial charge in [-0.1, -0.05) is 6.92 Å². The number of likely N-dealkylation sites (N-methyl/N-ethyl adjacent to an activating group) is 1. The van der Waals surface area contributed by atoms with Gasteiger partial charge in [-0.05, 0) is 25.9 Å². The number of likely N-dealkylation sites (tertiary alicyclic amines) is 1. The Morgan fingerprint density at radius 1 is 1.59 bits per heavy atom. The second-order valence-corrected chi connectivity index (χ2v) is 6.07. The van der Waals surface area contributed by atoms with Crippen LogP contribution in [0.25, 0.3) is 0 Å². The Kier molecular flexibility index (Phi) is 5.63. The summed E-state index contributed by atoms with van der Waals surface area (Å²) in [6.07, 6.45) is -2.11. The maximum Gasteiger partial charge on any atom is 0.434 e. The largest absolute Gasteiger partial charge is 0.434 e. The van der Waals surface area contributed by atoms with Crippen LogP contribution < -0.4 is 11.1 Å². The van der Waals surface area contributed by atoms with Gasteiger partial charge in [0.05, 0.1) is 6.54 Å². The van der Waals surface area contributed by atoms with Gasteiger partial charge in [-0.15, -0.1) is 11.3 Å². The van der Waals surface area contributed by atoms with E-state index < -0.39 is 11.9 Å². The summed E-state index contributed by atoms with van der Waals surface area (Å²) in [5.74, 6) is 0.242. The van der Waals surface area contributed by atoms with Gasteiger partial charge in [-0.3, -0.25) is 4.90 Å². The molecule has 0 amide bonds. The molecule has 1 unspecified atom stereocenters. The molecule has 1 aliphatic rings. The monoisotopic (exact) mass is 335 g/mol.